The summed E-state index contributed by atoms with van der Waals surface area (Å²) in [4.78, 5) is 17.9. The maximum Gasteiger partial charge on any atom is 0.155 e. The van der Waals surface area contributed by atoms with Gasteiger partial charge in [-0.05, 0) is 47.5 Å². The molecule has 6 rings (SSSR count). The van der Waals surface area contributed by atoms with Crippen LogP contribution in [0.3, 0.4) is 0 Å². The maximum atomic E-state index is 4.91. The SMILES string of the molecule is c1cnc2cc(-c3ccc4ccc(-c5ccn6ncnc6c5)cc4n3)ccc2n1. The van der Waals surface area contributed by atoms with Crippen molar-refractivity contribution in [3.05, 3.63) is 85.6 Å². The second-order valence-electron chi connectivity index (χ2n) is 6.84. The molecule has 0 amide bonds. The highest BCUT2D eigenvalue weighted by atomic mass is 15.3. The molecule has 6 aromatic rings. The highest BCUT2D eigenvalue weighted by Crippen LogP contribution is 2.27. The largest absolute Gasteiger partial charge is 0.253 e. The van der Waals surface area contributed by atoms with E-state index in [1.807, 2.05) is 42.6 Å². The highest BCUT2D eigenvalue weighted by molar-refractivity contribution is 5.87. The summed E-state index contributed by atoms with van der Waals surface area (Å²) in [6, 6.07) is 20.6. The Morgan fingerprint density at radius 2 is 1.41 bits per heavy atom. The van der Waals surface area contributed by atoms with Crippen LogP contribution in [0.5, 0.6) is 0 Å². The van der Waals surface area contributed by atoms with E-state index in [9.17, 15) is 0 Å². The summed E-state index contributed by atoms with van der Waals surface area (Å²) in [5.41, 5.74) is 7.62. The summed E-state index contributed by atoms with van der Waals surface area (Å²) in [5.74, 6) is 0. The normalized spacial score (nSPS) is 11.4. The zero-order chi connectivity index (χ0) is 19.2. The second kappa shape index (κ2) is 6.17. The molecule has 2 aromatic carbocycles. The topological polar surface area (TPSA) is 68.9 Å². The van der Waals surface area contributed by atoms with Crippen LogP contribution in [0.4, 0.5) is 0 Å². The van der Waals surface area contributed by atoms with Gasteiger partial charge in [0, 0.05) is 29.5 Å². The summed E-state index contributed by atoms with van der Waals surface area (Å²) in [6.45, 7) is 0. The van der Waals surface area contributed by atoms with Gasteiger partial charge in [0.2, 0.25) is 0 Å². The lowest BCUT2D eigenvalue weighted by molar-refractivity contribution is 0.962. The van der Waals surface area contributed by atoms with Crippen LogP contribution in [0.15, 0.2) is 85.6 Å². The fraction of sp³-hybridized carbons (Fsp3) is 0. The Labute approximate surface area is 165 Å². The van der Waals surface area contributed by atoms with Gasteiger partial charge in [-0.1, -0.05) is 24.3 Å². The lowest BCUT2D eigenvalue weighted by Crippen LogP contribution is -1.90. The van der Waals surface area contributed by atoms with E-state index < -0.39 is 0 Å². The number of fused-ring (bicyclic) bond motifs is 3. The molecular formula is C23H14N6. The van der Waals surface area contributed by atoms with Gasteiger partial charge in [-0.15, -0.1) is 0 Å². The van der Waals surface area contributed by atoms with E-state index in [0.717, 1.165) is 50.0 Å². The molecule has 6 nitrogen and oxygen atoms in total. The van der Waals surface area contributed by atoms with Crippen molar-refractivity contribution >= 4 is 27.6 Å². The average molecular weight is 374 g/mol. The molecule has 29 heavy (non-hydrogen) atoms. The molecule has 4 heterocycles. The van der Waals surface area contributed by atoms with E-state index in [1.165, 1.54) is 0 Å². The van der Waals surface area contributed by atoms with Crippen LogP contribution in [-0.4, -0.2) is 29.5 Å². The van der Waals surface area contributed by atoms with Crippen LogP contribution in [0.25, 0.3) is 50.0 Å². The van der Waals surface area contributed by atoms with Crippen LogP contribution in [0, 0.1) is 0 Å². The Morgan fingerprint density at radius 1 is 0.621 bits per heavy atom. The average Bonchev–Trinajstić information content (AvgIpc) is 3.26. The number of rotatable bonds is 2. The summed E-state index contributed by atoms with van der Waals surface area (Å²) < 4.78 is 1.75. The lowest BCUT2D eigenvalue weighted by atomic mass is 10.0. The molecule has 0 radical (unpaired) electrons. The first kappa shape index (κ1) is 15.8. The lowest BCUT2D eigenvalue weighted by Gasteiger charge is -2.07. The minimum atomic E-state index is 0.821. The molecule has 0 fully saturated rings. The first-order valence-corrected chi connectivity index (χ1v) is 9.25. The van der Waals surface area contributed by atoms with Crippen molar-refractivity contribution in [2.75, 3.05) is 0 Å². The van der Waals surface area contributed by atoms with Crippen molar-refractivity contribution < 1.29 is 0 Å². The molecule has 0 unspecified atom stereocenters. The van der Waals surface area contributed by atoms with Gasteiger partial charge in [0.15, 0.2) is 5.65 Å². The van der Waals surface area contributed by atoms with E-state index in [2.05, 4.69) is 44.3 Å². The van der Waals surface area contributed by atoms with Gasteiger partial charge < -0.3 is 0 Å². The van der Waals surface area contributed by atoms with Gasteiger partial charge >= 0.3 is 0 Å². The van der Waals surface area contributed by atoms with Gasteiger partial charge in [0.25, 0.3) is 0 Å². The van der Waals surface area contributed by atoms with Gasteiger partial charge in [-0.2, -0.15) is 5.10 Å². The first-order chi connectivity index (χ1) is 14.3. The molecule has 0 aliphatic rings. The monoisotopic (exact) mass is 374 g/mol. The van der Waals surface area contributed by atoms with Crippen LogP contribution in [0.1, 0.15) is 0 Å². The zero-order valence-electron chi connectivity index (χ0n) is 15.3. The van der Waals surface area contributed by atoms with Crippen molar-refractivity contribution in [1.82, 2.24) is 29.5 Å². The van der Waals surface area contributed by atoms with Crippen molar-refractivity contribution in [1.29, 1.82) is 0 Å². The summed E-state index contributed by atoms with van der Waals surface area (Å²) in [6.07, 6.45) is 6.89. The summed E-state index contributed by atoms with van der Waals surface area (Å²) >= 11 is 0. The predicted octanol–water partition coefficient (Wildman–Crippen LogP) is 4.55. The third-order valence-electron chi connectivity index (χ3n) is 5.07. The number of pyridine rings is 2. The van der Waals surface area contributed by atoms with E-state index in [1.54, 1.807) is 23.2 Å². The van der Waals surface area contributed by atoms with Gasteiger partial charge in [-0.3, -0.25) is 9.97 Å². The maximum absolute atomic E-state index is 4.91. The van der Waals surface area contributed by atoms with Crippen molar-refractivity contribution in [3.63, 3.8) is 0 Å². The molecule has 0 aliphatic carbocycles. The van der Waals surface area contributed by atoms with E-state index in [-0.39, 0.29) is 0 Å². The van der Waals surface area contributed by atoms with Crippen LogP contribution in [0.2, 0.25) is 0 Å². The summed E-state index contributed by atoms with van der Waals surface area (Å²) in [7, 11) is 0. The number of nitrogens with zero attached hydrogens (tertiary/aromatic N) is 6. The van der Waals surface area contributed by atoms with Crippen LogP contribution < -0.4 is 0 Å². The smallest absolute Gasteiger partial charge is 0.155 e. The van der Waals surface area contributed by atoms with Crippen LogP contribution >= 0.6 is 0 Å². The molecule has 0 N–H and O–H groups in total. The standard InChI is InChI=1S/C23H14N6/c1-2-16(17-7-10-29-23(13-17)26-14-27-29)11-21-15(1)3-5-19(28-21)18-4-6-20-22(12-18)25-9-8-24-20/h1-14H. The van der Waals surface area contributed by atoms with Gasteiger partial charge in [0.05, 0.1) is 22.2 Å². The zero-order valence-corrected chi connectivity index (χ0v) is 15.3. The molecule has 136 valence electrons. The fourth-order valence-electron chi connectivity index (χ4n) is 3.57. The minimum absolute atomic E-state index is 0.821. The second-order valence-corrected chi connectivity index (χ2v) is 6.84. The number of benzene rings is 2. The Morgan fingerprint density at radius 3 is 2.38 bits per heavy atom. The quantitative estimate of drug-likeness (QED) is 0.445. The predicted molar refractivity (Wildman–Crippen MR) is 112 cm³/mol. The molecule has 0 aliphatic heterocycles. The Hall–Kier alpha value is -4.19. The molecule has 0 atom stereocenters. The van der Waals surface area contributed by atoms with Crippen molar-refractivity contribution in [2.24, 2.45) is 0 Å². The number of hydrogen-bond donors (Lipinski definition) is 0. The van der Waals surface area contributed by atoms with E-state index in [0.29, 0.717) is 0 Å². The van der Waals surface area contributed by atoms with Gasteiger partial charge in [-0.25, -0.2) is 14.5 Å². The molecule has 0 saturated carbocycles. The van der Waals surface area contributed by atoms with Gasteiger partial charge in [0.1, 0.15) is 6.33 Å². The van der Waals surface area contributed by atoms with E-state index >= 15 is 0 Å². The molecule has 0 spiro atoms. The van der Waals surface area contributed by atoms with Crippen molar-refractivity contribution in [2.45, 2.75) is 0 Å². The molecule has 0 bridgehead atoms. The number of hydrogen-bond acceptors (Lipinski definition) is 5. The molecule has 6 heteroatoms. The third kappa shape index (κ3) is 2.70. The summed E-state index contributed by atoms with van der Waals surface area (Å²) in [5, 5.41) is 5.25. The molecule has 4 aromatic heterocycles. The fourth-order valence-corrected chi connectivity index (χ4v) is 3.57. The van der Waals surface area contributed by atoms with E-state index in [4.69, 9.17) is 4.98 Å². The molecular weight excluding hydrogens is 360 g/mol. The number of aromatic nitrogens is 6. The van der Waals surface area contributed by atoms with Crippen molar-refractivity contribution in [3.8, 4) is 22.4 Å². The Kier molecular flexibility index (Phi) is 3.37. The third-order valence-corrected chi connectivity index (χ3v) is 5.07. The first-order valence-electron chi connectivity index (χ1n) is 9.25. The Bertz CT molecular complexity index is 1520. The highest BCUT2D eigenvalue weighted by Gasteiger charge is 2.07. The molecule has 0 saturated heterocycles. The minimum Gasteiger partial charge on any atom is -0.253 e. The van der Waals surface area contributed by atoms with Crippen LogP contribution in [-0.2, 0) is 0 Å². The Balaban J connectivity index is 1.47.